The molecule has 0 bridgehead atoms. The van der Waals surface area contributed by atoms with E-state index in [1.54, 1.807) is 0 Å². The summed E-state index contributed by atoms with van der Waals surface area (Å²) in [7, 11) is 0. The molecule has 0 amide bonds. The standard InChI is InChI=1S/C60H49NO/c1-38-23-25-57-59(27-38)62-60-28-39(2)24-26-58(60)61(57)52-36-46(44-30-48(53-19-11-7-15-40(53)3)34-49(31-44)54-20-12-8-16-41(54)4)29-47(37-52)45-32-50(55-21-13-9-17-42(55)5)35-51(33-45)56-22-14-10-18-43(56)6/h7-37H,1-6H3. The smallest absolute Gasteiger partial charge is 0.151 e. The molecule has 0 aromatic heterocycles. The lowest BCUT2D eigenvalue weighted by Crippen LogP contribution is -2.16. The fourth-order valence-corrected chi connectivity index (χ4v) is 9.17. The summed E-state index contributed by atoms with van der Waals surface area (Å²) in [6.45, 7) is 13.1. The molecule has 0 N–H and O–H groups in total. The second-order valence-electron chi connectivity index (χ2n) is 17.0. The van der Waals surface area contributed by atoms with Crippen LogP contribution in [0, 0.1) is 41.5 Å². The Labute approximate surface area is 366 Å². The van der Waals surface area contributed by atoms with Crippen molar-refractivity contribution >= 4 is 17.1 Å². The van der Waals surface area contributed by atoms with Crippen molar-refractivity contribution in [2.75, 3.05) is 4.90 Å². The Morgan fingerprint density at radius 3 is 0.919 bits per heavy atom. The maximum Gasteiger partial charge on any atom is 0.151 e. The van der Waals surface area contributed by atoms with Crippen LogP contribution in [0.5, 0.6) is 11.5 Å². The highest BCUT2D eigenvalue weighted by Gasteiger charge is 2.27. The molecule has 0 fully saturated rings. The fourth-order valence-electron chi connectivity index (χ4n) is 9.17. The molecule has 9 aromatic carbocycles. The van der Waals surface area contributed by atoms with Crippen LogP contribution in [0.2, 0.25) is 0 Å². The van der Waals surface area contributed by atoms with E-state index >= 15 is 0 Å². The van der Waals surface area contributed by atoms with Crippen molar-refractivity contribution < 1.29 is 4.74 Å². The van der Waals surface area contributed by atoms with E-state index in [4.69, 9.17) is 4.74 Å². The summed E-state index contributed by atoms with van der Waals surface area (Å²) in [6, 6.07) is 69.3. The molecular formula is C60H49NO. The number of benzene rings is 9. The first-order valence-corrected chi connectivity index (χ1v) is 21.6. The van der Waals surface area contributed by atoms with Crippen molar-refractivity contribution in [2.45, 2.75) is 41.5 Å². The third-order valence-electron chi connectivity index (χ3n) is 12.5. The molecule has 62 heavy (non-hydrogen) atoms. The van der Waals surface area contributed by atoms with Gasteiger partial charge >= 0.3 is 0 Å². The van der Waals surface area contributed by atoms with E-state index in [0.717, 1.165) is 61.9 Å². The Bertz CT molecular complexity index is 2850. The molecule has 1 aliphatic rings. The van der Waals surface area contributed by atoms with Gasteiger partial charge in [0.2, 0.25) is 0 Å². The largest absolute Gasteiger partial charge is 0.453 e. The number of fused-ring (bicyclic) bond motifs is 2. The second-order valence-corrected chi connectivity index (χ2v) is 17.0. The maximum atomic E-state index is 6.68. The second kappa shape index (κ2) is 15.9. The van der Waals surface area contributed by atoms with E-state index in [0.29, 0.717) is 0 Å². The molecule has 0 saturated heterocycles. The minimum Gasteiger partial charge on any atom is -0.453 e. The van der Waals surface area contributed by atoms with Crippen LogP contribution in [0.1, 0.15) is 33.4 Å². The molecule has 9 aromatic rings. The Balaban J connectivity index is 1.28. The van der Waals surface area contributed by atoms with Gasteiger partial charge in [-0.1, -0.05) is 109 Å². The van der Waals surface area contributed by atoms with Crippen LogP contribution >= 0.6 is 0 Å². The molecule has 0 unspecified atom stereocenters. The van der Waals surface area contributed by atoms with Gasteiger partial charge in [-0.15, -0.1) is 0 Å². The van der Waals surface area contributed by atoms with Gasteiger partial charge in [0.05, 0.1) is 11.4 Å². The molecule has 0 radical (unpaired) electrons. The Hall–Kier alpha value is -7.42. The number of hydrogen-bond acceptors (Lipinski definition) is 2. The summed E-state index contributed by atoms with van der Waals surface area (Å²) < 4.78 is 6.68. The molecular weight excluding hydrogens is 751 g/mol. The zero-order valence-corrected chi connectivity index (χ0v) is 36.3. The molecule has 300 valence electrons. The number of rotatable bonds is 7. The molecule has 2 heteroatoms. The van der Waals surface area contributed by atoms with Crippen LogP contribution in [0.3, 0.4) is 0 Å². The van der Waals surface area contributed by atoms with Gasteiger partial charge in [-0.2, -0.15) is 0 Å². The van der Waals surface area contributed by atoms with Gasteiger partial charge < -0.3 is 9.64 Å². The lowest BCUT2D eigenvalue weighted by Gasteiger charge is -2.34. The number of aryl methyl sites for hydroxylation is 6. The van der Waals surface area contributed by atoms with Gasteiger partial charge in [-0.25, -0.2) is 0 Å². The molecule has 1 heterocycles. The summed E-state index contributed by atoms with van der Waals surface area (Å²) in [5.74, 6) is 1.70. The van der Waals surface area contributed by atoms with Crippen molar-refractivity contribution in [2.24, 2.45) is 0 Å². The summed E-state index contributed by atoms with van der Waals surface area (Å²) in [6.07, 6.45) is 0. The minimum absolute atomic E-state index is 0.849. The van der Waals surface area contributed by atoms with E-state index in [1.807, 2.05) is 0 Å². The number of ether oxygens (including phenoxy) is 1. The van der Waals surface area contributed by atoms with Crippen LogP contribution in [-0.2, 0) is 0 Å². The summed E-state index contributed by atoms with van der Waals surface area (Å²) in [4.78, 5) is 2.39. The average Bonchev–Trinajstić information content (AvgIpc) is 3.28. The molecule has 2 nitrogen and oxygen atoms in total. The van der Waals surface area contributed by atoms with Crippen LogP contribution in [-0.4, -0.2) is 0 Å². The van der Waals surface area contributed by atoms with Gasteiger partial charge in [-0.3, -0.25) is 0 Å². The van der Waals surface area contributed by atoms with E-state index < -0.39 is 0 Å². The van der Waals surface area contributed by atoms with E-state index in [-0.39, 0.29) is 0 Å². The van der Waals surface area contributed by atoms with Gasteiger partial charge in [0.25, 0.3) is 0 Å². The maximum absolute atomic E-state index is 6.68. The first-order chi connectivity index (χ1) is 30.2. The predicted molar refractivity (Wildman–Crippen MR) is 262 cm³/mol. The lowest BCUT2D eigenvalue weighted by atomic mass is 9.88. The molecule has 0 saturated carbocycles. The van der Waals surface area contributed by atoms with Crippen molar-refractivity contribution in [1.29, 1.82) is 0 Å². The number of hydrogen-bond donors (Lipinski definition) is 0. The van der Waals surface area contributed by atoms with Gasteiger partial charge in [0.1, 0.15) is 0 Å². The van der Waals surface area contributed by atoms with Crippen LogP contribution in [0.25, 0.3) is 66.8 Å². The van der Waals surface area contributed by atoms with E-state index in [9.17, 15) is 0 Å². The minimum atomic E-state index is 0.849. The predicted octanol–water partition coefficient (Wildman–Crippen LogP) is 17.1. The zero-order valence-electron chi connectivity index (χ0n) is 36.3. The summed E-state index contributed by atoms with van der Waals surface area (Å²) in [5.41, 5.74) is 24.7. The highest BCUT2D eigenvalue weighted by Crippen LogP contribution is 2.52. The number of nitrogens with zero attached hydrogens (tertiary/aromatic N) is 1. The van der Waals surface area contributed by atoms with Crippen LogP contribution in [0.4, 0.5) is 17.1 Å². The number of anilines is 3. The topological polar surface area (TPSA) is 12.5 Å². The van der Waals surface area contributed by atoms with Crippen LogP contribution < -0.4 is 9.64 Å². The van der Waals surface area contributed by atoms with E-state index in [2.05, 4.69) is 234 Å². The lowest BCUT2D eigenvalue weighted by molar-refractivity contribution is 0.476. The monoisotopic (exact) mass is 799 g/mol. The zero-order chi connectivity index (χ0) is 42.5. The van der Waals surface area contributed by atoms with Crippen molar-refractivity contribution in [1.82, 2.24) is 0 Å². The Kier molecular flexibility index (Phi) is 9.93. The SMILES string of the molecule is Cc1ccc2c(c1)Oc1cc(C)ccc1N2c1cc(-c2cc(-c3ccccc3C)cc(-c3ccccc3C)c2)cc(-c2cc(-c3ccccc3C)cc(-c3ccccc3C)c2)c1. The van der Waals surface area contributed by atoms with Gasteiger partial charge in [0, 0.05) is 5.69 Å². The van der Waals surface area contributed by atoms with Crippen molar-refractivity contribution in [3.05, 3.63) is 221 Å². The molecule has 0 aliphatic carbocycles. The van der Waals surface area contributed by atoms with Gasteiger partial charge in [-0.05, 0) is 221 Å². The normalized spacial score (nSPS) is 11.8. The summed E-state index contributed by atoms with van der Waals surface area (Å²) in [5, 5.41) is 0. The molecule has 10 rings (SSSR count). The van der Waals surface area contributed by atoms with Crippen molar-refractivity contribution in [3.63, 3.8) is 0 Å². The highest BCUT2D eigenvalue weighted by atomic mass is 16.5. The third kappa shape index (κ3) is 7.28. The molecule has 0 atom stereocenters. The first-order valence-electron chi connectivity index (χ1n) is 21.6. The molecule has 0 spiro atoms. The first kappa shape index (κ1) is 38.8. The van der Waals surface area contributed by atoms with Gasteiger partial charge in [0.15, 0.2) is 11.5 Å². The van der Waals surface area contributed by atoms with E-state index in [1.165, 1.54) is 66.8 Å². The van der Waals surface area contributed by atoms with Crippen LogP contribution in [0.15, 0.2) is 188 Å². The highest BCUT2D eigenvalue weighted by molar-refractivity contribution is 5.93. The average molecular weight is 800 g/mol. The molecule has 1 aliphatic heterocycles. The quantitative estimate of drug-likeness (QED) is 0.159. The Morgan fingerprint density at radius 1 is 0.290 bits per heavy atom. The third-order valence-corrected chi connectivity index (χ3v) is 12.5. The van der Waals surface area contributed by atoms with Crippen molar-refractivity contribution in [3.8, 4) is 78.3 Å². The Morgan fingerprint density at radius 2 is 0.581 bits per heavy atom. The summed E-state index contributed by atoms with van der Waals surface area (Å²) >= 11 is 0. The fraction of sp³-hybridized carbons (Fsp3) is 0.100.